The van der Waals surface area contributed by atoms with Crippen LogP contribution in [-0.2, 0) is 17.7 Å². The fourth-order valence-electron chi connectivity index (χ4n) is 1.18. The second-order valence-corrected chi connectivity index (χ2v) is 4.23. The van der Waals surface area contributed by atoms with Crippen molar-refractivity contribution in [1.82, 2.24) is 15.0 Å². The van der Waals surface area contributed by atoms with Gasteiger partial charge in [0.2, 0.25) is 0 Å². The highest BCUT2D eigenvalue weighted by Crippen LogP contribution is 2.14. The molecule has 0 unspecified atom stereocenters. The van der Waals surface area contributed by atoms with Gasteiger partial charge in [-0.1, -0.05) is 21.1 Å². The summed E-state index contributed by atoms with van der Waals surface area (Å²) in [5.74, 6) is 0. The number of hydrogen-bond donors (Lipinski definition) is 0. The third kappa shape index (κ3) is 6.62. The summed E-state index contributed by atoms with van der Waals surface area (Å²) in [7, 11) is 0. The van der Waals surface area contributed by atoms with Crippen LogP contribution in [0.1, 0.15) is 12.1 Å². The normalized spacial score (nSPS) is 12.0. The molecule has 1 rings (SSSR count). The summed E-state index contributed by atoms with van der Waals surface area (Å²) in [6, 6.07) is 0. The van der Waals surface area contributed by atoms with Crippen molar-refractivity contribution in [3.05, 3.63) is 11.9 Å². The van der Waals surface area contributed by atoms with Crippen molar-refractivity contribution in [2.45, 2.75) is 25.6 Å². The number of aryl methyl sites for hydroxylation is 2. The van der Waals surface area contributed by atoms with Gasteiger partial charge in [0.15, 0.2) is 0 Å². The van der Waals surface area contributed by atoms with Gasteiger partial charge in [0.05, 0.1) is 5.69 Å². The average molecular weight is 316 g/mol. The van der Waals surface area contributed by atoms with E-state index in [1.54, 1.807) is 10.9 Å². The molecule has 0 aliphatic heterocycles. The lowest BCUT2D eigenvalue weighted by molar-refractivity contribution is -0.174. The maximum atomic E-state index is 11.7. The van der Waals surface area contributed by atoms with Crippen molar-refractivity contribution in [3.63, 3.8) is 0 Å². The minimum atomic E-state index is -4.25. The van der Waals surface area contributed by atoms with Crippen LogP contribution in [0, 0.1) is 0 Å². The number of rotatable bonds is 7. The lowest BCUT2D eigenvalue weighted by Gasteiger charge is -2.06. The Bertz CT molecular complexity index is 330. The van der Waals surface area contributed by atoms with Crippen molar-refractivity contribution in [2.24, 2.45) is 0 Å². The Balaban J connectivity index is 2.13. The van der Waals surface area contributed by atoms with E-state index >= 15 is 0 Å². The van der Waals surface area contributed by atoms with E-state index in [0.29, 0.717) is 13.0 Å². The molecule has 0 saturated carbocycles. The molecule has 0 amide bonds. The predicted molar refractivity (Wildman–Crippen MR) is 59.0 cm³/mol. The van der Waals surface area contributed by atoms with Gasteiger partial charge in [-0.2, -0.15) is 13.2 Å². The second kappa shape index (κ2) is 6.95. The molecule has 0 atom stereocenters. The molecule has 1 aromatic heterocycles. The van der Waals surface area contributed by atoms with Crippen molar-refractivity contribution >= 4 is 15.9 Å². The topological polar surface area (TPSA) is 39.9 Å². The molecule has 0 radical (unpaired) electrons. The first-order chi connectivity index (χ1) is 8.01. The molecule has 4 nitrogen and oxygen atoms in total. The van der Waals surface area contributed by atoms with Crippen molar-refractivity contribution in [2.75, 3.05) is 18.5 Å². The van der Waals surface area contributed by atoms with E-state index in [1.165, 1.54) is 0 Å². The highest BCUT2D eigenvalue weighted by atomic mass is 79.9. The second-order valence-electron chi connectivity index (χ2n) is 3.43. The van der Waals surface area contributed by atoms with Gasteiger partial charge in [-0.05, 0) is 6.42 Å². The van der Waals surface area contributed by atoms with Crippen LogP contribution in [0.2, 0.25) is 0 Å². The summed E-state index contributed by atoms with van der Waals surface area (Å²) < 4.78 is 41.3. The first-order valence-corrected chi connectivity index (χ1v) is 6.23. The molecule has 0 fully saturated rings. The predicted octanol–water partition coefficient (Wildman–Crippen LogP) is 2.18. The number of nitrogens with zero attached hydrogens (tertiary/aromatic N) is 3. The Labute approximate surface area is 105 Å². The van der Waals surface area contributed by atoms with Gasteiger partial charge in [-0.15, -0.1) is 5.10 Å². The largest absolute Gasteiger partial charge is 0.411 e. The molecule has 0 bridgehead atoms. The monoisotopic (exact) mass is 315 g/mol. The molecule has 8 heteroatoms. The van der Waals surface area contributed by atoms with Crippen LogP contribution >= 0.6 is 15.9 Å². The van der Waals surface area contributed by atoms with E-state index in [4.69, 9.17) is 0 Å². The molecule has 98 valence electrons. The maximum Gasteiger partial charge on any atom is 0.411 e. The van der Waals surface area contributed by atoms with E-state index in [1.807, 2.05) is 0 Å². The maximum absolute atomic E-state index is 11.7. The standard InChI is InChI=1S/C9H13BrF3N3O/c10-3-2-8-6-16(15-14-8)4-1-5-17-7-9(11,12)13/h6H,1-5,7H2. The molecule has 0 aliphatic carbocycles. The Hall–Kier alpha value is -0.630. The summed E-state index contributed by atoms with van der Waals surface area (Å²) in [5.41, 5.74) is 0.859. The van der Waals surface area contributed by atoms with Gasteiger partial charge in [-0.25, -0.2) is 0 Å². The molecule has 1 heterocycles. The number of ether oxygens (including phenoxy) is 1. The van der Waals surface area contributed by atoms with Crippen LogP contribution in [0.3, 0.4) is 0 Å². The van der Waals surface area contributed by atoms with Gasteiger partial charge in [0, 0.05) is 31.1 Å². The zero-order chi connectivity index (χ0) is 12.7. The average Bonchev–Trinajstić information content (AvgIpc) is 2.64. The Morgan fingerprint density at radius 2 is 2.18 bits per heavy atom. The van der Waals surface area contributed by atoms with E-state index in [9.17, 15) is 13.2 Å². The van der Waals surface area contributed by atoms with Gasteiger partial charge in [0.1, 0.15) is 6.61 Å². The molecule has 17 heavy (non-hydrogen) atoms. The third-order valence-corrected chi connectivity index (χ3v) is 2.27. The van der Waals surface area contributed by atoms with Crippen molar-refractivity contribution in [1.29, 1.82) is 0 Å². The summed E-state index contributed by atoms with van der Waals surface area (Å²) in [4.78, 5) is 0. The van der Waals surface area contributed by atoms with Crippen LogP contribution in [-0.4, -0.2) is 39.7 Å². The van der Waals surface area contributed by atoms with Crippen LogP contribution < -0.4 is 0 Å². The fourth-order valence-corrected chi connectivity index (χ4v) is 1.58. The highest BCUT2D eigenvalue weighted by Gasteiger charge is 2.27. The summed E-state index contributed by atoms with van der Waals surface area (Å²) in [6.45, 7) is -0.626. The van der Waals surface area contributed by atoms with Crippen molar-refractivity contribution < 1.29 is 17.9 Å². The summed E-state index contributed by atoms with van der Waals surface area (Å²) >= 11 is 3.28. The molecule has 0 spiro atoms. The Morgan fingerprint density at radius 3 is 2.82 bits per heavy atom. The van der Waals surface area contributed by atoms with E-state index in [0.717, 1.165) is 17.4 Å². The van der Waals surface area contributed by atoms with Gasteiger partial charge < -0.3 is 4.74 Å². The molecule has 0 saturated heterocycles. The van der Waals surface area contributed by atoms with E-state index < -0.39 is 12.8 Å². The van der Waals surface area contributed by atoms with Gasteiger partial charge in [-0.3, -0.25) is 4.68 Å². The quantitative estimate of drug-likeness (QED) is 0.572. The van der Waals surface area contributed by atoms with Crippen LogP contribution in [0.4, 0.5) is 13.2 Å². The molecule has 1 aromatic rings. The lowest BCUT2D eigenvalue weighted by atomic mass is 10.4. The summed E-state index contributed by atoms with van der Waals surface area (Å²) in [5, 5.41) is 8.56. The van der Waals surface area contributed by atoms with Crippen LogP contribution in [0.15, 0.2) is 6.20 Å². The zero-order valence-electron chi connectivity index (χ0n) is 9.08. The Kier molecular flexibility index (Phi) is 5.90. The highest BCUT2D eigenvalue weighted by molar-refractivity contribution is 9.09. The van der Waals surface area contributed by atoms with E-state index in [2.05, 4.69) is 31.0 Å². The molecular weight excluding hydrogens is 303 g/mol. The smallest absolute Gasteiger partial charge is 0.372 e. The SMILES string of the molecule is FC(F)(F)COCCCn1cc(CCBr)nn1. The lowest BCUT2D eigenvalue weighted by Crippen LogP contribution is -2.17. The fraction of sp³-hybridized carbons (Fsp3) is 0.778. The minimum Gasteiger partial charge on any atom is -0.372 e. The molecule has 0 aliphatic rings. The molecule has 0 aromatic carbocycles. The number of hydrogen-bond acceptors (Lipinski definition) is 3. The number of alkyl halides is 4. The zero-order valence-corrected chi connectivity index (χ0v) is 10.7. The van der Waals surface area contributed by atoms with Crippen LogP contribution in [0.5, 0.6) is 0 Å². The molecule has 0 N–H and O–H groups in total. The first kappa shape index (κ1) is 14.4. The minimum absolute atomic E-state index is 0.0626. The van der Waals surface area contributed by atoms with E-state index in [-0.39, 0.29) is 6.61 Å². The summed E-state index contributed by atoms with van der Waals surface area (Å²) in [6.07, 6.45) is -1.21. The Morgan fingerprint density at radius 1 is 1.41 bits per heavy atom. The first-order valence-electron chi connectivity index (χ1n) is 5.11. The van der Waals surface area contributed by atoms with Gasteiger partial charge >= 0.3 is 6.18 Å². The third-order valence-electron chi connectivity index (χ3n) is 1.88. The van der Waals surface area contributed by atoms with Gasteiger partial charge in [0.25, 0.3) is 0 Å². The van der Waals surface area contributed by atoms with Crippen molar-refractivity contribution in [3.8, 4) is 0 Å². The number of halogens is 4. The number of aromatic nitrogens is 3. The van der Waals surface area contributed by atoms with Crippen LogP contribution in [0.25, 0.3) is 0 Å². The molecular formula is C9H13BrF3N3O.